The molecule has 4 rings (SSSR count). The summed E-state index contributed by atoms with van der Waals surface area (Å²) >= 11 is 5.37. The maximum absolute atomic E-state index is 12.9. The number of ether oxygens (including phenoxy) is 1. The highest BCUT2D eigenvalue weighted by molar-refractivity contribution is 7.80. The number of thiocarbonyl (C=S) groups is 1. The zero-order chi connectivity index (χ0) is 22.0. The quantitative estimate of drug-likeness (QED) is 0.358. The van der Waals surface area contributed by atoms with Gasteiger partial charge in [-0.2, -0.15) is 0 Å². The van der Waals surface area contributed by atoms with Gasteiger partial charge in [-0.3, -0.25) is 9.69 Å². The fourth-order valence-electron chi connectivity index (χ4n) is 3.28. The summed E-state index contributed by atoms with van der Waals surface area (Å²) < 4.78 is 10.9. The molecule has 0 aliphatic carbocycles. The lowest BCUT2D eigenvalue weighted by Gasteiger charge is -2.16. The van der Waals surface area contributed by atoms with E-state index < -0.39 is 0 Å². The largest absolute Gasteiger partial charge is 0.462 e. The Kier molecular flexibility index (Phi) is 5.68. The normalized spacial score (nSPS) is 14.8. The second-order valence-corrected chi connectivity index (χ2v) is 7.30. The van der Waals surface area contributed by atoms with Gasteiger partial charge in [0.05, 0.1) is 17.9 Å². The zero-order valence-corrected chi connectivity index (χ0v) is 17.9. The third-order valence-electron chi connectivity index (χ3n) is 4.83. The van der Waals surface area contributed by atoms with Crippen molar-refractivity contribution < 1.29 is 18.7 Å². The zero-order valence-electron chi connectivity index (χ0n) is 17.0. The first-order chi connectivity index (χ1) is 15.0. The second-order valence-electron chi connectivity index (χ2n) is 6.92. The van der Waals surface area contributed by atoms with Crippen LogP contribution in [0.4, 0.5) is 5.69 Å². The van der Waals surface area contributed by atoms with Crippen molar-refractivity contribution in [2.24, 2.45) is 0 Å². The Hall–Kier alpha value is -3.71. The predicted octanol–water partition coefficient (Wildman–Crippen LogP) is 4.69. The summed E-state index contributed by atoms with van der Waals surface area (Å²) in [6.07, 6.45) is 1.63. The Labute approximate surface area is 185 Å². The maximum atomic E-state index is 12.9. The number of anilines is 1. The third-order valence-corrected chi connectivity index (χ3v) is 5.11. The molecular weight excluding hydrogens is 412 g/mol. The lowest BCUT2D eigenvalue weighted by molar-refractivity contribution is -0.113. The summed E-state index contributed by atoms with van der Waals surface area (Å²) in [5, 5.41) is 3.29. The van der Waals surface area contributed by atoms with Crippen molar-refractivity contribution in [3.63, 3.8) is 0 Å². The summed E-state index contributed by atoms with van der Waals surface area (Å²) in [5.74, 6) is 0.524. The highest BCUT2D eigenvalue weighted by Gasteiger charge is 2.32. The number of aryl methyl sites for hydroxylation is 1. The van der Waals surface area contributed by atoms with Crippen molar-refractivity contribution >= 4 is 41.0 Å². The first-order valence-electron chi connectivity index (χ1n) is 9.78. The molecular formula is C24H20N2O4S. The molecule has 0 saturated carbocycles. The highest BCUT2D eigenvalue weighted by atomic mass is 32.1. The number of carbonyl (C=O) groups is 2. The molecule has 0 radical (unpaired) electrons. The van der Waals surface area contributed by atoms with Crippen LogP contribution in [-0.2, 0) is 9.53 Å². The minimum atomic E-state index is -0.362. The van der Waals surface area contributed by atoms with Crippen molar-refractivity contribution in [3.8, 4) is 11.3 Å². The van der Waals surface area contributed by atoms with E-state index in [1.54, 1.807) is 43.3 Å². The minimum absolute atomic E-state index is 0.240. The number of hydrogen-bond donors (Lipinski definition) is 1. The van der Waals surface area contributed by atoms with Gasteiger partial charge in [0, 0.05) is 11.6 Å². The van der Waals surface area contributed by atoms with E-state index in [1.165, 1.54) is 4.90 Å². The minimum Gasteiger partial charge on any atom is -0.462 e. The molecule has 1 amide bonds. The Morgan fingerprint density at radius 1 is 1.13 bits per heavy atom. The topological polar surface area (TPSA) is 71.8 Å². The summed E-state index contributed by atoms with van der Waals surface area (Å²) in [7, 11) is 0. The van der Waals surface area contributed by atoms with Gasteiger partial charge in [0.25, 0.3) is 5.91 Å². The van der Waals surface area contributed by atoms with E-state index in [-0.39, 0.29) is 11.9 Å². The van der Waals surface area contributed by atoms with Crippen LogP contribution in [0.15, 0.2) is 70.8 Å². The van der Waals surface area contributed by atoms with Gasteiger partial charge in [-0.1, -0.05) is 30.3 Å². The molecule has 2 aromatic carbocycles. The molecule has 1 saturated heterocycles. The van der Waals surface area contributed by atoms with Gasteiger partial charge in [-0.25, -0.2) is 4.79 Å². The smallest absolute Gasteiger partial charge is 0.338 e. The first-order valence-corrected chi connectivity index (χ1v) is 10.2. The lowest BCUT2D eigenvalue weighted by atomic mass is 10.1. The first kappa shape index (κ1) is 20.6. The lowest BCUT2D eigenvalue weighted by Crippen LogP contribution is -2.30. The van der Waals surface area contributed by atoms with Crippen molar-refractivity contribution in [2.45, 2.75) is 13.8 Å². The Bertz CT molecular complexity index is 1190. The van der Waals surface area contributed by atoms with Crippen molar-refractivity contribution in [3.05, 3.63) is 83.2 Å². The monoisotopic (exact) mass is 432 g/mol. The number of benzene rings is 2. The molecule has 1 aliphatic rings. The van der Waals surface area contributed by atoms with E-state index in [1.807, 2.05) is 37.3 Å². The number of nitrogens with zero attached hydrogens (tertiary/aromatic N) is 1. The number of hydrogen-bond acceptors (Lipinski definition) is 5. The fourth-order valence-corrected chi connectivity index (χ4v) is 3.57. The van der Waals surface area contributed by atoms with Crippen LogP contribution >= 0.6 is 12.2 Å². The molecule has 1 fully saturated rings. The number of para-hydroxylation sites is 1. The number of amides is 1. The van der Waals surface area contributed by atoms with Crippen LogP contribution in [-0.4, -0.2) is 23.6 Å². The summed E-state index contributed by atoms with van der Waals surface area (Å²) in [5.41, 5.74) is 3.32. The van der Waals surface area contributed by atoms with Crippen LogP contribution in [0.25, 0.3) is 17.4 Å². The predicted molar refractivity (Wildman–Crippen MR) is 122 cm³/mol. The molecule has 156 valence electrons. The SMILES string of the molecule is CCOC(=O)c1ccc(-c2ccc(/C=C3/NC(=S)N(c4ccccc4C)C3=O)o2)cc1. The third kappa shape index (κ3) is 4.13. The molecule has 7 heteroatoms. The molecule has 0 atom stereocenters. The fraction of sp³-hybridized carbons (Fsp3) is 0.125. The molecule has 31 heavy (non-hydrogen) atoms. The van der Waals surface area contributed by atoms with Crippen LogP contribution in [0.2, 0.25) is 0 Å². The number of rotatable bonds is 5. The van der Waals surface area contributed by atoms with Crippen LogP contribution in [0, 0.1) is 6.92 Å². The van der Waals surface area contributed by atoms with Gasteiger partial charge in [-0.15, -0.1) is 0 Å². The maximum Gasteiger partial charge on any atom is 0.338 e. The van der Waals surface area contributed by atoms with Crippen molar-refractivity contribution in [1.29, 1.82) is 0 Å². The summed E-state index contributed by atoms with van der Waals surface area (Å²) in [4.78, 5) is 26.2. The molecule has 0 bridgehead atoms. The van der Waals surface area contributed by atoms with Crippen LogP contribution in [0.1, 0.15) is 28.6 Å². The van der Waals surface area contributed by atoms with Gasteiger partial charge >= 0.3 is 5.97 Å². The molecule has 0 unspecified atom stereocenters. The van der Waals surface area contributed by atoms with E-state index >= 15 is 0 Å². The molecule has 1 aromatic heterocycles. The van der Waals surface area contributed by atoms with E-state index in [0.717, 1.165) is 16.8 Å². The second kappa shape index (κ2) is 8.57. The number of nitrogens with one attached hydrogen (secondary N) is 1. The van der Waals surface area contributed by atoms with Gasteiger partial charge in [0.1, 0.15) is 17.2 Å². The van der Waals surface area contributed by atoms with Crippen LogP contribution in [0.5, 0.6) is 0 Å². The van der Waals surface area contributed by atoms with Gasteiger partial charge < -0.3 is 14.5 Å². The Balaban J connectivity index is 1.55. The van der Waals surface area contributed by atoms with Gasteiger partial charge in [-0.05, 0) is 62.0 Å². The average Bonchev–Trinajstić information content (AvgIpc) is 3.34. The van der Waals surface area contributed by atoms with Crippen LogP contribution in [0.3, 0.4) is 0 Å². The molecule has 6 nitrogen and oxygen atoms in total. The average molecular weight is 433 g/mol. The number of carbonyl (C=O) groups excluding carboxylic acids is 2. The number of esters is 1. The number of furan rings is 1. The van der Waals surface area contributed by atoms with E-state index in [9.17, 15) is 9.59 Å². The van der Waals surface area contributed by atoms with Crippen LogP contribution < -0.4 is 10.2 Å². The van der Waals surface area contributed by atoms with Crippen molar-refractivity contribution in [1.82, 2.24) is 5.32 Å². The molecule has 2 heterocycles. The van der Waals surface area contributed by atoms with E-state index in [0.29, 0.717) is 34.5 Å². The molecule has 0 spiro atoms. The van der Waals surface area contributed by atoms with Gasteiger partial charge in [0.2, 0.25) is 0 Å². The Morgan fingerprint density at radius 3 is 2.58 bits per heavy atom. The highest BCUT2D eigenvalue weighted by Crippen LogP contribution is 2.27. The van der Waals surface area contributed by atoms with E-state index in [2.05, 4.69) is 5.32 Å². The molecule has 3 aromatic rings. The molecule has 1 N–H and O–H groups in total. The molecule has 1 aliphatic heterocycles. The van der Waals surface area contributed by atoms with Gasteiger partial charge in [0.15, 0.2) is 5.11 Å². The Morgan fingerprint density at radius 2 is 1.87 bits per heavy atom. The van der Waals surface area contributed by atoms with E-state index in [4.69, 9.17) is 21.4 Å². The summed E-state index contributed by atoms with van der Waals surface area (Å²) in [6, 6.07) is 18.1. The standard InChI is InChI=1S/C24H20N2O4S/c1-3-29-23(28)17-10-8-16(9-11-17)21-13-12-18(30-21)14-19-22(27)26(24(31)25-19)20-7-5-4-6-15(20)2/h4-14H,3H2,1-2H3,(H,25,31)/b19-14+. The van der Waals surface area contributed by atoms with Crippen molar-refractivity contribution in [2.75, 3.05) is 11.5 Å². The summed E-state index contributed by atoms with van der Waals surface area (Å²) in [6.45, 7) is 4.02.